The van der Waals surface area contributed by atoms with Crippen molar-refractivity contribution in [2.75, 3.05) is 7.11 Å². The lowest BCUT2D eigenvalue weighted by Crippen LogP contribution is -2.30. The smallest absolute Gasteiger partial charge is 0.358 e. The predicted octanol–water partition coefficient (Wildman–Crippen LogP) is 1.17. The number of H-pyrrole nitrogens is 1. The summed E-state index contributed by atoms with van der Waals surface area (Å²) in [5, 5.41) is 2.28. The number of aromatic amines is 1. The molecule has 21 heavy (non-hydrogen) atoms. The third-order valence-corrected chi connectivity index (χ3v) is 3.12. The highest BCUT2D eigenvalue weighted by molar-refractivity contribution is 5.77. The maximum atomic E-state index is 12.2. The molecule has 0 saturated heterocycles. The third kappa shape index (κ3) is 2.96. The van der Waals surface area contributed by atoms with Gasteiger partial charge in [0.25, 0.3) is 0 Å². The highest BCUT2D eigenvalue weighted by Crippen LogP contribution is 2.12. The Balaban J connectivity index is 2.41. The minimum absolute atomic E-state index is 0.221. The minimum Gasteiger partial charge on any atom is -0.497 e. The summed E-state index contributed by atoms with van der Waals surface area (Å²) < 4.78 is 6.71. The number of aromatic nitrogens is 3. The number of carbonyl (C=O) groups is 1. The standard InChI is InChI=1S/C14H17N3O4/c1-3-4-5-12(18)17-14(20)16(13(19)15-17)10-6-8-11(21-2)9-7-10/h6-9H,3-5H2,1-2H3,(H,15,19). The lowest BCUT2D eigenvalue weighted by atomic mass is 10.2. The van der Waals surface area contributed by atoms with Crippen LogP contribution in [0.4, 0.5) is 0 Å². The molecular weight excluding hydrogens is 274 g/mol. The Morgan fingerprint density at radius 1 is 1.24 bits per heavy atom. The van der Waals surface area contributed by atoms with Crippen molar-refractivity contribution in [2.45, 2.75) is 26.2 Å². The second kappa shape index (κ2) is 6.25. The van der Waals surface area contributed by atoms with E-state index in [4.69, 9.17) is 4.74 Å². The van der Waals surface area contributed by atoms with Crippen molar-refractivity contribution in [3.05, 3.63) is 45.2 Å². The van der Waals surface area contributed by atoms with Gasteiger partial charge in [-0.15, -0.1) is 0 Å². The molecule has 0 aliphatic carbocycles. The van der Waals surface area contributed by atoms with Crippen LogP contribution < -0.4 is 16.1 Å². The first-order valence-corrected chi connectivity index (χ1v) is 6.70. The van der Waals surface area contributed by atoms with Gasteiger partial charge in [0, 0.05) is 6.42 Å². The Kier molecular flexibility index (Phi) is 4.42. The molecule has 0 atom stereocenters. The van der Waals surface area contributed by atoms with Crippen LogP contribution in [0.2, 0.25) is 0 Å². The molecule has 1 aromatic carbocycles. The number of carbonyl (C=O) groups excluding carboxylic acids is 1. The fourth-order valence-electron chi connectivity index (χ4n) is 1.95. The summed E-state index contributed by atoms with van der Waals surface area (Å²) >= 11 is 0. The Bertz CT molecular complexity index is 737. The zero-order valence-electron chi connectivity index (χ0n) is 12.0. The second-order valence-corrected chi connectivity index (χ2v) is 4.57. The highest BCUT2D eigenvalue weighted by Gasteiger charge is 2.15. The highest BCUT2D eigenvalue weighted by atomic mass is 16.5. The van der Waals surface area contributed by atoms with Crippen LogP contribution in [-0.2, 0) is 0 Å². The van der Waals surface area contributed by atoms with Gasteiger partial charge in [0.15, 0.2) is 0 Å². The van der Waals surface area contributed by atoms with Crippen LogP contribution in [0.1, 0.15) is 31.0 Å². The van der Waals surface area contributed by atoms with Gasteiger partial charge >= 0.3 is 11.4 Å². The van der Waals surface area contributed by atoms with Crippen molar-refractivity contribution in [1.29, 1.82) is 0 Å². The lowest BCUT2D eigenvalue weighted by Gasteiger charge is -2.02. The van der Waals surface area contributed by atoms with Crippen LogP contribution in [0.3, 0.4) is 0 Å². The van der Waals surface area contributed by atoms with Crippen LogP contribution >= 0.6 is 0 Å². The predicted molar refractivity (Wildman–Crippen MR) is 77.4 cm³/mol. The molecule has 0 bridgehead atoms. The van der Waals surface area contributed by atoms with Crippen molar-refractivity contribution in [2.24, 2.45) is 0 Å². The van der Waals surface area contributed by atoms with Gasteiger partial charge in [-0.2, -0.15) is 4.68 Å². The molecule has 1 heterocycles. The zero-order valence-corrected chi connectivity index (χ0v) is 12.0. The Hall–Kier alpha value is -2.57. The van der Waals surface area contributed by atoms with Gasteiger partial charge in [0.1, 0.15) is 5.75 Å². The maximum Gasteiger partial charge on any atom is 0.358 e. The number of hydrogen-bond acceptors (Lipinski definition) is 4. The number of nitrogens with zero attached hydrogens (tertiary/aromatic N) is 2. The molecule has 7 nitrogen and oxygen atoms in total. The summed E-state index contributed by atoms with van der Waals surface area (Å²) in [6, 6.07) is 6.43. The van der Waals surface area contributed by atoms with Crippen LogP contribution in [-0.4, -0.2) is 27.4 Å². The summed E-state index contributed by atoms with van der Waals surface area (Å²) in [5.74, 6) is 0.202. The van der Waals surface area contributed by atoms with Gasteiger partial charge in [-0.1, -0.05) is 13.3 Å². The molecule has 0 spiro atoms. The first-order chi connectivity index (χ1) is 10.1. The van der Waals surface area contributed by atoms with Gasteiger partial charge in [0.2, 0.25) is 5.91 Å². The molecule has 0 amide bonds. The fourth-order valence-corrected chi connectivity index (χ4v) is 1.95. The van der Waals surface area contributed by atoms with E-state index in [-0.39, 0.29) is 6.42 Å². The van der Waals surface area contributed by atoms with Crippen molar-refractivity contribution in [1.82, 2.24) is 14.3 Å². The molecule has 2 aromatic rings. The lowest BCUT2D eigenvalue weighted by molar-refractivity contribution is 0.0878. The van der Waals surface area contributed by atoms with Crippen molar-refractivity contribution < 1.29 is 9.53 Å². The number of nitrogens with one attached hydrogen (secondary N) is 1. The first-order valence-electron chi connectivity index (χ1n) is 6.70. The average molecular weight is 291 g/mol. The molecule has 0 saturated carbocycles. The van der Waals surface area contributed by atoms with Gasteiger partial charge in [-0.3, -0.25) is 4.79 Å². The number of methoxy groups -OCH3 is 1. The summed E-state index contributed by atoms with van der Waals surface area (Å²) in [7, 11) is 1.52. The van der Waals surface area contributed by atoms with E-state index in [1.165, 1.54) is 7.11 Å². The molecule has 0 aliphatic heterocycles. The van der Waals surface area contributed by atoms with Crippen LogP contribution in [0, 0.1) is 0 Å². The maximum absolute atomic E-state index is 12.2. The van der Waals surface area contributed by atoms with Crippen molar-refractivity contribution >= 4 is 5.91 Å². The van der Waals surface area contributed by atoms with Crippen molar-refractivity contribution in [3.63, 3.8) is 0 Å². The first kappa shape index (κ1) is 14.8. The summed E-state index contributed by atoms with van der Waals surface area (Å²) in [5.41, 5.74) is -0.953. The molecular formula is C14H17N3O4. The van der Waals surface area contributed by atoms with E-state index in [0.29, 0.717) is 17.9 Å². The van der Waals surface area contributed by atoms with Gasteiger partial charge in [-0.05, 0) is 30.7 Å². The van der Waals surface area contributed by atoms with Crippen LogP contribution in [0.15, 0.2) is 33.9 Å². The SMILES string of the molecule is CCCCC(=O)n1[nH]c(=O)n(-c2ccc(OC)cc2)c1=O. The van der Waals surface area contributed by atoms with E-state index in [0.717, 1.165) is 15.7 Å². The Morgan fingerprint density at radius 3 is 2.48 bits per heavy atom. The van der Waals surface area contributed by atoms with Crippen LogP contribution in [0.25, 0.3) is 5.69 Å². The average Bonchev–Trinajstić information content (AvgIpc) is 2.80. The van der Waals surface area contributed by atoms with Gasteiger partial charge in [0.05, 0.1) is 12.8 Å². The number of unbranched alkanes of at least 4 members (excludes halogenated alkanes) is 1. The van der Waals surface area contributed by atoms with E-state index >= 15 is 0 Å². The molecule has 0 aliphatic rings. The monoisotopic (exact) mass is 291 g/mol. The topological polar surface area (TPSA) is 86.1 Å². The molecule has 7 heteroatoms. The number of hydrogen-bond donors (Lipinski definition) is 1. The zero-order chi connectivity index (χ0) is 15.4. The third-order valence-electron chi connectivity index (χ3n) is 3.12. The molecule has 0 radical (unpaired) electrons. The number of rotatable bonds is 5. The normalized spacial score (nSPS) is 10.6. The summed E-state index contributed by atoms with van der Waals surface area (Å²) in [4.78, 5) is 36.0. The number of benzene rings is 1. The molecule has 1 aromatic heterocycles. The molecule has 2 rings (SSSR count). The van der Waals surface area contributed by atoms with Crippen LogP contribution in [0.5, 0.6) is 5.75 Å². The fraction of sp³-hybridized carbons (Fsp3) is 0.357. The number of ether oxygens (including phenoxy) is 1. The molecule has 0 fully saturated rings. The summed E-state index contributed by atoms with van der Waals surface area (Å²) in [6.45, 7) is 1.95. The molecule has 112 valence electrons. The molecule has 0 unspecified atom stereocenters. The quantitative estimate of drug-likeness (QED) is 0.895. The minimum atomic E-state index is -0.689. The Labute approximate surface area is 120 Å². The second-order valence-electron chi connectivity index (χ2n) is 4.57. The van der Waals surface area contributed by atoms with E-state index in [9.17, 15) is 14.4 Å². The van der Waals surface area contributed by atoms with Gasteiger partial charge in [-0.25, -0.2) is 19.3 Å². The van der Waals surface area contributed by atoms with Gasteiger partial charge < -0.3 is 4.74 Å². The van der Waals surface area contributed by atoms with E-state index in [2.05, 4.69) is 5.10 Å². The Morgan fingerprint density at radius 2 is 1.90 bits per heavy atom. The van der Waals surface area contributed by atoms with E-state index in [1.54, 1.807) is 24.3 Å². The summed E-state index contributed by atoms with van der Waals surface area (Å²) in [6.07, 6.45) is 1.73. The largest absolute Gasteiger partial charge is 0.497 e. The van der Waals surface area contributed by atoms with Crippen molar-refractivity contribution in [3.8, 4) is 11.4 Å². The van der Waals surface area contributed by atoms with E-state index in [1.807, 2.05) is 6.92 Å². The molecule has 1 N–H and O–H groups in total. The van der Waals surface area contributed by atoms with E-state index < -0.39 is 17.3 Å².